The lowest BCUT2D eigenvalue weighted by molar-refractivity contribution is 0.396. The van der Waals surface area contributed by atoms with Crippen molar-refractivity contribution in [1.82, 2.24) is 0 Å². The highest BCUT2D eigenvalue weighted by Gasteiger charge is 2.28. The summed E-state index contributed by atoms with van der Waals surface area (Å²) in [6.07, 6.45) is 2.44. The lowest BCUT2D eigenvalue weighted by Crippen LogP contribution is -2.32. The van der Waals surface area contributed by atoms with Crippen molar-refractivity contribution in [3.63, 3.8) is 0 Å². The van der Waals surface area contributed by atoms with E-state index in [1.54, 1.807) is 0 Å². The van der Waals surface area contributed by atoms with Gasteiger partial charge in [-0.3, -0.25) is 0 Å². The van der Waals surface area contributed by atoms with Gasteiger partial charge in [0.25, 0.3) is 0 Å². The maximum Gasteiger partial charge on any atom is 0.00818 e. The molecule has 1 aliphatic carbocycles. The van der Waals surface area contributed by atoms with Gasteiger partial charge in [-0.05, 0) is 31.2 Å². The molecule has 0 bridgehead atoms. The van der Waals surface area contributed by atoms with Crippen molar-refractivity contribution < 1.29 is 0 Å². The first-order chi connectivity index (χ1) is 4.25. The molecule has 1 saturated carbocycles. The zero-order chi connectivity index (χ0) is 6.85. The number of hydrogen-bond donors (Lipinski definition) is 2. The molecule has 0 aromatic carbocycles. The van der Waals surface area contributed by atoms with Crippen molar-refractivity contribution >= 4 is 0 Å². The summed E-state index contributed by atoms with van der Waals surface area (Å²) in [7, 11) is 0. The third-order valence-electron chi connectivity index (χ3n) is 2.51. The summed E-state index contributed by atoms with van der Waals surface area (Å²) in [6, 6.07) is 0.380. The van der Waals surface area contributed by atoms with Crippen LogP contribution in [0, 0.1) is 11.8 Å². The van der Waals surface area contributed by atoms with Crippen molar-refractivity contribution in [1.29, 1.82) is 0 Å². The third-order valence-corrected chi connectivity index (χ3v) is 2.51. The van der Waals surface area contributed by atoms with Crippen LogP contribution in [0.5, 0.6) is 0 Å². The highest BCUT2D eigenvalue weighted by atomic mass is 14.7. The van der Waals surface area contributed by atoms with E-state index in [0.717, 1.165) is 12.5 Å². The van der Waals surface area contributed by atoms with Crippen molar-refractivity contribution in [2.45, 2.75) is 25.8 Å². The third kappa shape index (κ3) is 1.25. The SMILES string of the molecule is C[C@@H]1CC[C@H](N)[C@H]1CN. The Balaban J connectivity index is 2.44. The van der Waals surface area contributed by atoms with E-state index in [2.05, 4.69) is 6.92 Å². The summed E-state index contributed by atoms with van der Waals surface area (Å²) in [6.45, 7) is 3.01. The van der Waals surface area contributed by atoms with Gasteiger partial charge in [-0.2, -0.15) is 0 Å². The Kier molecular flexibility index (Phi) is 2.09. The van der Waals surface area contributed by atoms with Crippen LogP contribution >= 0.6 is 0 Å². The van der Waals surface area contributed by atoms with Crippen LogP contribution in [0.25, 0.3) is 0 Å². The normalized spacial score (nSPS) is 43.7. The van der Waals surface area contributed by atoms with Crippen LogP contribution in [-0.4, -0.2) is 12.6 Å². The van der Waals surface area contributed by atoms with E-state index in [1.165, 1.54) is 12.8 Å². The van der Waals surface area contributed by atoms with Crippen molar-refractivity contribution in [3.05, 3.63) is 0 Å². The Morgan fingerprint density at radius 3 is 2.33 bits per heavy atom. The molecule has 0 amide bonds. The fraction of sp³-hybridized carbons (Fsp3) is 1.00. The van der Waals surface area contributed by atoms with Gasteiger partial charge in [0.2, 0.25) is 0 Å². The Hall–Kier alpha value is -0.0800. The first kappa shape index (κ1) is 7.03. The minimum absolute atomic E-state index is 0.380. The predicted octanol–water partition coefficient (Wildman–Crippen LogP) is 0.319. The van der Waals surface area contributed by atoms with E-state index in [-0.39, 0.29) is 0 Å². The molecule has 1 fully saturated rings. The van der Waals surface area contributed by atoms with E-state index >= 15 is 0 Å². The van der Waals surface area contributed by atoms with Crippen LogP contribution in [-0.2, 0) is 0 Å². The van der Waals surface area contributed by atoms with Crippen LogP contribution in [0.15, 0.2) is 0 Å². The Labute approximate surface area is 56.6 Å². The molecule has 0 radical (unpaired) electrons. The van der Waals surface area contributed by atoms with Gasteiger partial charge in [-0.15, -0.1) is 0 Å². The second-order valence-corrected chi connectivity index (χ2v) is 3.12. The van der Waals surface area contributed by atoms with Crippen molar-refractivity contribution in [2.24, 2.45) is 23.3 Å². The summed E-state index contributed by atoms with van der Waals surface area (Å²) in [5, 5.41) is 0. The van der Waals surface area contributed by atoms with Gasteiger partial charge in [0, 0.05) is 6.04 Å². The maximum atomic E-state index is 5.80. The van der Waals surface area contributed by atoms with E-state index < -0.39 is 0 Å². The number of rotatable bonds is 1. The molecule has 0 heterocycles. The summed E-state index contributed by atoms with van der Waals surface area (Å²) in [5.74, 6) is 1.34. The fourth-order valence-electron chi connectivity index (χ4n) is 1.71. The monoisotopic (exact) mass is 128 g/mol. The lowest BCUT2D eigenvalue weighted by Gasteiger charge is -2.16. The highest BCUT2D eigenvalue weighted by molar-refractivity contribution is 4.85. The molecule has 0 aromatic rings. The molecule has 54 valence electrons. The molecular formula is C7H16N2. The molecule has 2 nitrogen and oxygen atoms in total. The largest absolute Gasteiger partial charge is 0.330 e. The molecule has 9 heavy (non-hydrogen) atoms. The molecule has 0 unspecified atom stereocenters. The smallest absolute Gasteiger partial charge is 0.00818 e. The molecule has 1 rings (SSSR count). The molecule has 0 aromatic heterocycles. The Morgan fingerprint density at radius 1 is 1.44 bits per heavy atom. The topological polar surface area (TPSA) is 52.0 Å². The van der Waals surface area contributed by atoms with Crippen LogP contribution in [0.4, 0.5) is 0 Å². The minimum atomic E-state index is 0.380. The van der Waals surface area contributed by atoms with Gasteiger partial charge >= 0.3 is 0 Å². The molecule has 3 atom stereocenters. The van der Waals surface area contributed by atoms with Crippen molar-refractivity contribution in [2.75, 3.05) is 6.54 Å². The molecule has 1 aliphatic rings. The Morgan fingerprint density at radius 2 is 2.11 bits per heavy atom. The number of nitrogens with two attached hydrogens (primary N) is 2. The second-order valence-electron chi connectivity index (χ2n) is 3.12. The van der Waals surface area contributed by atoms with Crippen LogP contribution < -0.4 is 11.5 Å². The Bertz CT molecular complexity index is 82.9. The molecule has 0 spiro atoms. The van der Waals surface area contributed by atoms with E-state index in [9.17, 15) is 0 Å². The molecule has 2 heteroatoms. The molecule has 0 saturated heterocycles. The van der Waals surface area contributed by atoms with E-state index in [4.69, 9.17) is 11.5 Å². The van der Waals surface area contributed by atoms with Crippen LogP contribution in [0.3, 0.4) is 0 Å². The maximum absolute atomic E-state index is 5.80. The van der Waals surface area contributed by atoms with Gasteiger partial charge in [-0.25, -0.2) is 0 Å². The van der Waals surface area contributed by atoms with Gasteiger partial charge in [0.05, 0.1) is 0 Å². The van der Waals surface area contributed by atoms with Crippen LogP contribution in [0.1, 0.15) is 19.8 Å². The van der Waals surface area contributed by atoms with Crippen molar-refractivity contribution in [3.8, 4) is 0 Å². The average Bonchev–Trinajstić information content (AvgIpc) is 2.12. The van der Waals surface area contributed by atoms with Gasteiger partial charge in [-0.1, -0.05) is 6.92 Å². The standard InChI is InChI=1S/C7H16N2/c1-5-2-3-7(9)6(5)4-8/h5-7H,2-4,8-9H2,1H3/t5-,6+,7+/m1/s1. The lowest BCUT2D eigenvalue weighted by atomic mass is 9.96. The van der Waals surface area contributed by atoms with E-state index in [1.807, 2.05) is 0 Å². The summed E-state index contributed by atoms with van der Waals surface area (Å²) >= 11 is 0. The minimum Gasteiger partial charge on any atom is -0.330 e. The van der Waals surface area contributed by atoms with Gasteiger partial charge in [0.15, 0.2) is 0 Å². The second kappa shape index (κ2) is 2.67. The fourth-order valence-corrected chi connectivity index (χ4v) is 1.71. The number of hydrogen-bond acceptors (Lipinski definition) is 2. The van der Waals surface area contributed by atoms with Crippen LogP contribution in [0.2, 0.25) is 0 Å². The summed E-state index contributed by atoms with van der Waals surface area (Å²) < 4.78 is 0. The highest BCUT2D eigenvalue weighted by Crippen LogP contribution is 2.28. The molecular weight excluding hydrogens is 112 g/mol. The zero-order valence-electron chi connectivity index (χ0n) is 6.01. The van der Waals surface area contributed by atoms with E-state index in [0.29, 0.717) is 12.0 Å². The van der Waals surface area contributed by atoms with Gasteiger partial charge in [0.1, 0.15) is 0 Å². The molecule has 4 N–H and O–H groups in total. The van der Waals surface area contributed by atoms with Gasteiger partial charge < -0.3 is 11.5 Å². The first-order valence-corrected chi connectivity index (χ1v) is 3.71. The quantitative estimate of drug-likeness (QED) is 0.534. The summed E-state index contributed by atoms with van der Waals surface area (Å²) in [4.78, 5) is 0. The predicted molar refractivity (Wildman–Crippen MR) is 38.9 cm³/mol. The average molecular weight is 128 g/mol. The first-order valence-electron chi connectivity index (χ1n) is 3.71. The zero-order valence-corrected chi connectivity index (χ0v) is 6.01. The summed E-state index contributed by atoms with van der Waals surface area (Å²) in [5.41, 5.74) is 11.3. The molecule has 0 aliphatic heterocycles.